The minimum absolute atomic E-state index is 0.443. The fourth-order valence-electron chi connectivity index (χ4n) is 5.96. The molecule has 0 amide bonds. The number of fused-ring (bicyclic) bond motifs is 3. The van der Waals surface area contributed by atoms with Gasteiger partial charge in [0, 0.05) is 11.9 Å². The maximum Gasteiger partial charge on any atom is 0.122 e. The van der Waals surface area contributed by atoms with Crippen LogP contribution in [0.5, 0.6) is 11.5 Å². The molecule has 1 aliphatic heterocycles. The Labute approximate surface area is 242 Å². The third kappa shape index (κ3) is 6.20. The molecule has 2 atom stereocenters. The van der Waals surface area contributed by atoms with Crippen molar-refractivity contribution in [3.63, 3.8) is 0 Å². The van der Waals surface area contributed by atoms with Gasteiger partial charge in [0.1, 0.15) is 23.7 Å². The molecule has 3 heterocycles. The summed E-state index contributed by atoms with van der Waals surface area (Å²) in [5.41, 5.74) is 7.76. The average molecular weight is 550 g/mol. The van der Waals surface area contributed by atoms with E-state index in [-0.39, 0.29) is 0 Å². The van der Waals surface area contributed by atoms with E-state index in [2.05, 4.69) is 83.3 Å². The fraction of sp³-hybridized carbons (Fsp3) is 0.382. The van der Waals surface area contributed by atoms with Crippen molar-refractivity contribution in [2.24, 2.45) is 11.8 Å². The Morgan fingerprint density at radius 1 is 1.00 bits per heavy atom. The predicted octanol–water partition coefficient (Wildman–Crippen LogP) is 6.63. The lowest BCUT2D eigenvalue weighted by Gasteiger charge is -2.28. The predicted molar refractivity (Wildman–Crippen MR) is 165 cm³/mol. The molecule has 0 fully saturated rings. The van der Waals surface area contributed by atoms with E-state index in [0.717, 1.165) is 77.2 Å². The maximum absolute atomic E-state index is 6.32. The molecule has 5 aromatic rings. The largest absolute Gasteiger partial charge is 0.494 e. The fourth-order valence-corrected chi connectivity index (χ4v) is 5.96. The number of ether oxygens (including phenoxy) is 2. The SMILES string of the molecule is Cc1nc2ccc(-c3ccc4c(c3)CC(C)C(Cc3ncnc5ccc(OCCCN(C)C)cc35)CCO4)cc2[nH]1. The minimum atomic E-state index is 0.443. The first-order chi connectivity index (χ1) is 19.9. The number of aromatic nitrogens is 4. The Morgan fingerprint density at radius 2 is 1.83 bits per heavy atom. The zero-order chi connectivity index (χ0) is 28.3. The Kier molecular flexibility index (Phi) is 7.88. The molecular weight excluding hydrogens is 510 g/mol. The zero-order valence-electron chi connectivity index (χ0n) is 24.5. The number of nitrogens with one attached hydrogen (secondary N) is 1. The summed E-state index contributed by atoms with van der Waals surface area (Å²) in [6, 6.07) is 19.2. The summed E-state index contributed by atoms with van der Waals surface area (Å²) in [6.07, 6.45) is 5.52. The van der Waals surface area contributed by atoms with Gasteiger partial charge in [0.15, 0.2) is 0 Å². The van der Waals surface area contributed by atoms with E-state index < -0.39 is 0 Å². The molecule has 41 heavy (non-hydrogen) atoms. The number of rotatable bonds is 8. The summed E-state index contributed by atoms with van der Waals surface area (Å²) < 4.78 is 12.4. The van der Waals surface area contributed by atoms with Crippen LogP contribution in [0, 0.1) is 18.8 Å². The number of aryl methyl sites for hydroxylation is 1. The third-order valence-corrected chi connectivity index (χ3v) is 8.25. The summed E-state index contributed by atoms with van der Waals surface area (Å²) in [5.74, 6) is 3.73. The first kappa shape index (κ1) is 27.2. The highest BCUT2D eigenvalue weighted by Gasteiger charge is 2.24. The topological polar surface area (TPSA) is 76.2 Å². The van der Waals surface area contributed by atoms with Crippen LogP contribution in [0.1, 0.15) is 36.8 Å². The van der Waals surface area contributed by atoms with Crippen molar-refractivity contribution < 1.29 is 9.47 Å². The number of hydrogen-bond acceptors (Lipinski definition) is 6. The normalized spacial score (nSPS) is 17.3. The number of nitrogens with zero attached hydrogens (tertiary/aromatic N) is 4. The van der Waals surface area contributed by atoms with Crippen LogP contribution in [-0.4, -0.2) is 58.7 Å². The van der Waals surface area contributed by atoms with Crippen LogP contribution in [0.2, 0.25) is 0 Å². The number of H-pyrrole nitrogens is 1. The van der Waals surface area contributed by atoms with Crippen LogP contribution in [0.3, 0.4) is 0 Å². The molecule has 2 unspecified atom stereocenters. The molecule has 0 saturated carbocycles. The van der Waals surface area contributed by atoms with E-state index >= 15 is 0 Å². The van der Waals surface area contributed by atoms with Gasteiger partial charge < -0.3 is 19.4 Å². The Morgan fingerprint density at radius 3 is 2.71 bits per heavy atom. The van der Waals surface area contributed by atoms with Crippen molar-refractivity contribution in [3.8, 4) is 22.6 Å². The van der Waals surface area contributed by atoms with E-state index in [1.54, 1.807) is 6.33 Å². The van der Waals surface area contributed by atoms with Gasteiger partial charge >= 0.3 is 0 Å². The molecule has 212 valence electrons. The van der Waals surface area contributed by atoms with Gasteiger partial charge in [-0.05, 0) is 118 Å². The van der Waals surface area contributed by atoms with E-state index in [0.29, 0.717) is 25.0 Å². The second-order valence-corrected chi connectivity index (χ2v) is 11.7. The third-order valence-electron chi connectivity index (χ3n) is 8.25. The number of benzene rings is 3. The van der Waals surface area contributed by atoms with Crippen molar-refractivity contribution in [1.29, 1.82) is 0 Å². The highest BCUT2D eigenvalue weighted by atomic mass is 16.5. The van der Waals surface area contributed by atoms with Gasteiger partial charge in [-0.1, -0.05) is 19.1 Å². The molecule has 1 N–H and O–H groups in total. The first-order valence-electron chi connectivity index (χ1n) is 14.7. The lowest BCUT2D eigenvalue weighted by molar-refractivity contribution is 0.221. The second-order valence-electron chi connectivity index (χ2n) is 11.7. The average Bonchev–Trinajstić information content (AvgIpc) is 3.34. The molecule has 7 nitrogen and oxygen atoms in total. The number of imidazole rings is 1. The van der Waals surface area contributed by atoms with Crippen molar-refractivity contribution in [3.05, 3.63) is 78.0 Å². The molecule has 0 radical (unpaired) electrons. The second kappa shape index (κ2) is 11.9. The highest BCUT2D eigenvalue weighted by Crippen LogP contribution is 2.35. The number of aromatic amines is 1. The van der Waals surface area contributed by atoms with Crippen molar-refractivity contribution in [2.75, 3.05) is 33.9 Å². The Bertz CT molecular complexity index is 1660. The molecule has 0 aliphatic carbocycles. The lowest BCUT2D eigenvalue weighted by atomic mass is 9.81. The van der Waals surface area contributed by atoms with Crippen LogP contribution in [0.25, 0.3) is 33.1 Å². The van der Waals surface area contributed by atoms with Gasteiger partial charge in [0.05, 0.1) is 35.5 Å². The maximum atomic E-state index is 6.32. The first-order valence-corrected chi connectivity index (χ1v) is 14.7. The van der Waals surface area contributed by atoms with Crippen LogP contribution >= 0.6 is 0 Å². The summed E-state index contributed by atoms with van der Waals surface area (Å²) >= 11 is 0. The van der Waals surface area contributed by atoms with E-state index in [1.807, 2.05) is 19.1 Å². The van der Waals surface area contributed by atoms with Crippen LogP contribution in [0.15, 0.2) is 60.9 Å². The highest BCUT2D eigenvalue weighted by molar-refractivity contribution is 5.83. The smallest absolute Gasteiger partial charge is 0.122 e. The van der Waals surface area contributed by atoms with Crippen molar-refractivity contribution in [2.45, 2.75) is 39.5 Å². The lowest BCUT2D eigenvalue weighted by Crippen LogP contribution is -2.23. The van der Waals surface area contributed by atoms with E-state index in [4.69, 9.17) is 14.5 Å². The molecule has 2 aromatic heterocycles. The van der Waals surface area contributed by atoms with Gasteiger partial charge in [-0.3, -0.25) is 0 Å². The summed E-state index contributed by atoms with van der Waals surface area (Å²) in [4.78, 5) is 19.4. The van der Waals surface area contributed by atoms with Crippen LogP contribution in [-0.2, 0) is 12.8 Å². The quantitative estimate of drug-likeness (QED) is 0.219. The summed E-state index contributed by atoms with van der Waals surface area (Å²) in [6.45, 7) is 6.76. The van der Waals surface area contributed by atoms with Gasteiger partial charge in [-0.2, -0.15) is 0 Å². The molecule has 0 saturated heterocycles. The van der Waals surface area contributed by atoms with Crippen LogP contribution < -0.4 is 9.47 Å². The molecule has 6 rings (SSSR count). The van der Waals surface area contributed by atoms with Crippen molar-refractivity contribution in [1.82, 2.24) is 24.8 Å². The van der Waals surface area contributed by atoms with Crippen molar-refractivity contribution >= 4 is 21.9 Å². The standard InChI is InChI=1S/C34H39N5O2/c1-22-16-27-17-25(26-6-9-31-33(19-26)38-23(2)37-31)7-11-34(27)41-15-12-24(22)18-32-29-20-28(40-14-5-13-39(3)4)8-10-30(29)35-21-36-32/h6-11,17,19-22,24H,5,12-16,18H2,1-4H3,(H,37,38). The molecule has 0 bridgehead atoms. The Hall–Kier alpha value is -3.97. The van der Waals surface area contributed by atoms with E-state index in [1.165, 1.54) is 16.7 Å². The zero-order valence-corrected chi connectivity index (χ0v) is 24.5. The van der Waals surface area contributed by atoms with Gasteiger partial charge in [0.25, 0.3) is 0 Å². The minimum Gasteiger partial charge on any atom is -0.494 e. The molecular formula is C34H39N5O2. The molecule has 0 spiro atoms. The van der Waals surface area contributed by atoms with Crippen LogP contribution in [0.4, 0.5) is 0 Å². The summed E-state index contributed by atoms with van der Waals surface area (Å²) in [5, 5.41) is 1.08. The van der Waals surface area contributed by atoms with E-state index in [9.17, 15) is 0 Å². The number of hydrogen-bond donors (Lipinski definition) is 1. The van der Waals surface area contributed by atoms with Gasteiger partial charge in [-0.25, -0.2) is 15.0 Å². The Balaban J connectivity index is 1.20. The van der Waals surface area contributed by atoms with Gasteiger partial charge in [-0.15, -0.1) is 0 Å². The summed E-state index contributed by atoms with van der Waals surface area (Å²) in [7, 11) is 4.17. The molecule has 7 heteroatoms. The molecule has 1 aliphatic rings. The van der Waals surface area contributed by atoms with Gasteiger partial charge in [0.2, 0.25) is 0 Å². The molecule has 3 aromatic carbocycles. The monoisotopic (exact) mass is 549 g/mol.